The summed E-state index contributed by atoms with van der Waals surface area (Å²) in [5.74, 6) is 0.304. The zero-order valence-corrected chi connectivity index (χ0v) is 12.5. The molecule has 0 heterocycles. The van der Waals surface area contributed by atoms with Crippen molar-refractivity contribution in [2.45, 2.75) is 38.1 Å². The van der Waals surface area contributed by atoms with E-state index < -0.39 is 0 Å². The molecule has 0 radical (unpaired) electrons. The van der Waals surface area contributed by atoms with Crippen LogP contribution in [0.5, 0.6) is 0 Å². The fourth-order valence-corrected chi connectivity index (χ4v) is 3.52. The number of hydrogen-bond donors (Lipinski definition) is 1. The smallest absolute Gasteiger partial charge is 0.123 e. The molecule has 1 N–H and O–H groups in total. The highest BCUT2D eigenvalue weighted by Crippen LogP contribution is 2.40. The Hall–Kier alpha value is -1.67. The Bertz CT molecular complexity index is 591. The Balaban J connectivity index is 1.96. The lowest BCUT2D eigenvalue weighted by Gasteiger charge is -2.33. The molecule has 0 spiro atoms. The minimum atomic E-state index is -0.168. The van der Waals surface area contributed by atoms with E-state index in [2.05, 4.69) is 36.5 Å². The Morgan fingerprint density at radius 2 is 1.90 bits per heavy atom. The van der Waals surface area contributed by atoms with Crippen LogP contribution in [0.4, 0.5) is 4.39 Å². The summed E-state index contributed by atoms with van der Waals surface area (Å²) in [6.07, 6.45) is 3.59. The molecule has 0 aliphatic heterocycles. The van der Waals surface area contributed by atoms with Gasteiger partial charge in [-0.2, -0.15) is 0 Å². The summed E-state index contributed by atoms with van der Waals surface area (Å²) in [6, 6.07) is 16.0. The number of benzene rings is 2. The van der Waals surface area contributed by atoms with Gasteiger partial charge in [0.05, 0.1) is 0 Å². The first-order valence-corrected chi connectivity index (χ1v) is 7.86. The molecule has 0 fully saturated rings. The second-order valence-electron chi connectivity index (χ2n) is 5.78. The Morgan fingerprint density at radius 1 is 1.14 bits per heavy atom. The maximum absolute atomic E-state index is 13.2. The summed E-state index contributed by atoms with van der Waals surface area (Å²) in [6.45, 7) is 3.05. The van der Waals surface area contributed by atoms with Gasteiger partial charge in [-0.05, 0) is 54.6 Å². The Kier molecular flexibility index (Phi) is 4.35. The summed E-state index contributed by atoms with van der Waals surface area (Å²) in [5, 5.41) is 3.61. The first-order chi connectivity index (χ1) is 10.3. The molecule has 2 heteroatoms. The third kappa shape index (κ3) is 3.01. The van der Waals surface area contributed by atoms with Crippen molar-refractivity contribution in [2.24, 2.45) is 0 Å². The second kappa shape index (κ2) is 6.40. The molecule has 0 saturated carbocycles. The van der Waals surface area contributed by atoms with Crippen molar-refractivity contribution < 1.29 is 4.39 Å². The first kappa shape index (κ1) is 14.3. The van der Waals surface area contributed by atoms with Gasteiger partial charge in [-0.15, -0.1) is 0 Å². The van der Waals surface area contributed by atoms with Gasteiger partial charge in [-0.25, -0.2) is 4.39 Å². The van der Waals surface area contributed by atoms with Gasteiger partial charge in [0.25, 0.3) is 0 Å². The van der Waals surface area contributed by atoms with Gasteiger partial charge in [0.1, 0.15) is 5.82 Å². The van der Waals surface area contributed by atoms with Crippen LogP contribution in [-0.2, 0) is 6.42 Å². The molecule has 0 amide bonds. The van der Waals surface area contributed by atoms with Crippen LogP contribution in [0.25, 0.3) is 0 Å². The molecule has 3 rings (SSSR count). The normalized spacial score (nSPS) is 19.0. The van der Waals surface area contributed by atoms with E-state index in [4.69, 9.17) is 0 Å². The van der Waals surface area contributed by atoms with Crippen LogP contribution in [0, 0.1) is 5.82 Å². The molecule has 2 unspecified atom stereocenters. The van der Waals surface area contributed by atoms with Crippen molar-refractivity contribution in [3.63, 3.8) is 0 Å². The van der Waals surface area contributed by atoms with Gasteiger partial charge in [-0.3, -0.25) is 0 Å². The van der Waals surface area contributed by atoms with E-state index in [1.54, 1.807) is 12.1 Å². The van der Waals surface area contributed by atoms with Crippen molar-refractivity contribution in [3.05, 3.63) is 71.0 Å². The van der Waals surface area contributed by atoms with Gasteiger partial charge in [-0.1, -0.05) is 43.3 Å². The lowest BCUT2D eigenvalue weighted by molar-refractivity contribution is 0.408. The van der Waals surface area contributed by atoms with Crippen molar-refractivity contribution in [1.29, 1.82) is 0 Å². The number of nitrogens with one attached hydrogen (secondary N) is 1. The number of likely N-dealkylation sites (N-methyl/N-ethyl adjacent to an activating group) is 1. The summed E-state index contributed by atoms with van der Waals surface area (Å²) in [4.78, 5) is 0. The molecule has 1 aliphatic rings. The highest BCUT2D eigenvalue weighted by molar-refractivity contribution is 5.36. The number of halogens is 1. The zero-order chi connectivity index (χ0) is 14.7. The number of aryl methyl sites for hydroxylation is 1. The average molecular weight is 283 g/mol. The van der Waals surface area contributed by atoms with E-state index in [9.17, 15) is 4.39 Å². The number of hydrogen-bond acceptors (Lipinski definition) is 1. The van der Waals surface area contributed by atoms with Crippen LogP contribution >= 0.6 is 0 Å². The number of fused-ring (bicyclic) bond motifs is 1. The molecular weight excluding hydrogens is 261 g/mol. The van der Waals surface area contributed by atoms with Crippen molar-refractivity contribution in [1.82, 2.24) is 5.32 Å². The topological polar surface area (TPSA) is 12.0 Å². The van der Waals surface area contributed by atoms with Crippen molar-refractivity contribution >= 4 is 0 Å². The molecular formula is C19H22FN. The van der Waals surface area contributed by atoms with E-state index in [-0.39, 0.29) is 11.9 Å². The Morgan fingerprint density at radius 3 is 2.67 bits per heavy atom. The van der Waals surface area contributed by atoms with E-state index >= 15 is 0 Å². The molecule has 2 aromatic carbocycles. The van der Waals surface area contributed by atoms with Gasteiger partial charge < -0.3 is 5.32 Å². The molecule has 1 aliphatic carbocycles. The van der Waals surface area contributed by atoms with Gasteiger partial charge >= 0.3 is 0 Å². The third-order valence-corrected chi connectivity index (χ3v) is 4.47. The van der Waals surface area contributed by atoms with Gasteiger partial charge in [0, 0.05) is 12.0 Å². The fourth-order valence-electron chi connectivity index (χ4n) is 3.52. The summed E-state index contributed by atoms with van der Waals surface area (Å²) < 4.78 is 13.2. The molecule has 0 aromatic heterocycles. The quantitative estimate of drug-likeness (QED) is 0.865. The fraction of sp³-hybridized carbons (Fsp3) is 0.368. The molecule has 21 heavy (non-hydrogen) atoms. The first-order valence-electron chi connectivity index (χ1n) is 7.86. The molecule has 2 atom stereocenters. The van der Waals surface area contributed by atoms with E-state index in [1.165, 1.54) is 36.0 Å². The van der Waals surface area contributed by atoms with Gasteiger partial charge in [0.15, 0.2) is 0 Å². The van der Waals surface area contributed by atoms with Crippen LogP contribution in [0.1, 0.15) is 48.4 Å². The van der Waals surface area contributed by atoms with E-state index in [0.29, 0.717) is 5.92 Å². The summed E-state index contributed by atoms with van der Waals surface area (Å²) in [5.41, 5.74) is 4.11. The standard InChI is InChI=1S/C19H22FN/c1-2-21-19(15-10-12-16(20)13-11-15)18-9-5-7-14-6-3-4-8-17(14)18/h3-4,6,8,10-13,18-19,21H,2,5,7,9H2,1H3. The van der Waals surface area contributed by atoms with E-state index in [0.717, 1.165) is 6.54 Å². The maximum Gasteiger partial charge on any atom is 0.123 e. The predicted molar refractivity (Wildman–Crippen MR) is 84.9 cm³/mol. The molecule has 1 nitrogen and oxygen atoms in total. The van der Waals surface area contributed by atoms with Crippen molar-refractivity contribution in [3.8, 4) is 0 Å². The van der Waals surface area contributed by atoms with Crippen LogP contribution in [0.15, 0.2) is 48.5 Å². The van der Waals surface area contributed by atoms with Gasteiger partial charge in [0.2, 0.25) is 0 Å². The summed E-state index contributed by atoms with van der Waals surface area (Å²) >= 11 is 0. The Labute approximate surface area is 126 Å². The summed E-state index contributed by atoms with van der Waals surface area (Å²) in [7, 11) is 0. The second-order valence-corrected chi connectivity index (χ2v) is 5.78. The van der Waals surface area contributed by atoms with E-state index in [1.807, 2.05) is 12.1 Å². The average Bonchev–Trinajstić information content (AvgIpc) is 2.53. The number of rotatable bonds is 4. The molecule has 110 valence electrons. The molecule has 0 saturated heterocycles. The highest BCUT2D eigenvalue weighted by Gasteiger charge is 2.28. The largest absolute Gasteiger partial charge is 0.310 e. The van der Waals surface area contributed by atoms with Crippen LogP contribution < -0.4 is 5.32 Å². The molecule has 2 aromatic rings. The monoisotopic (exact) mass is 283 g/mol. The molecule has 0 bridgehead atoms. The SMILES string of the molecule is CCNC(c1ccc(F)cc1)C1CCCc2ccccc21. The minimum Gasteiger partial charge on any atom is -0.310 e. The van der Waals surface area contributed by atoms with Crippen molar-refractivity contribution in [2.75, 3.05) is 6.54 Å². The zero-order valence-electron chi connectivity index (χ0n) is 12.5. The maximum atomic E-state index is 13.2. The third-order valence-electron chi connectivity index (χ3n) is 4.47. The van der Waals surface area contributed by atoms with Crippen LogP contribution in [0.2, 0.25) is 0 Å². The lowest BCUT2D eigenvalue weighted by Crippen LogP contribution is -2.29. The highest BCUT2D eigenvalue weighted by atomic mass is 19.1. The van der Waals surface area contributed by atoms with Crippen LogP contribution in [-0.4, -0.2) is 6.54 Å². The minimum absolute atomic E-state index is 0.168. The predicted octanol–water partition coefficient (Wildman–Crippen LogP) is 4.60. The van der Waals surface area contributed by atoms with Crippen LogP contribution in [0.3, 0.4) is 0 Å². The lowest BCUT2D eigenvalue weighted by atomic mass is 9.77.